The van der Waals surface area contributed by atoms with Crippen LogP contribution in [0.5, 0.6) is 0 Å². The van der Waals surface area contributed by atoms with E-state index in [4.69, 9.17) is 9.97 Å². The van der Waals surface area contributed by atoms with Crippen LogP contribution < -0.4 is 20.9 Å². The first kappa shape index (κ1) is 18.7. The molecule has 1 fully saturated rings. The summed E-state index contributed by atoms with van der Waals surface area (Å²) >= 11 is 0. The van der Waals surface area contributed by atoms with Gasteiger partial charge in [0.15, 0.2) is 0 Å². The van der Waals surface area contributed by atoms with Gasteiger partial charge >= 0.3 is 6.03 Å². The summed E-state index contributed by atoms with van der Waals surface area (Å²) in [6.07, 6.45) is 8.60. The molecule has 0 unspecified atom stereocenters. The van der Waals surface area contributed by atoms with Gasteiger partial charge in [0.2, 0.25) is 5.95 Å². The minimum absolute atomic E-state index is 0.0578. The van der Waals surface area contributed by atoms with E-state index >= 15 is 0 Å². The second-order valence-electron chi connectivity index (χ2n) is 7.59. The Balaban J connectivity index is 1.60. The van der Waals surface area contributed by atoms with Crippen LogP contribution in [0.1, 0.15) is 56.7 Å². The molecule has 2 aliphatic rings. The molecule has 3 N–H and O–H groups in total. The van der Waals surface area contributed by atoms with Crippen molar-refractivity contribution in [2.24, 2.45) is 0 Å². The molecule has 2 aliphatic carbocycles. The first-order valence-corrected chi connectivity index (χ1v) is 9.94. The van der Waals surface area contributed by atoms with E-state index in [1.807, 2.05) is 6.92 Å². The normalized spacial score (nSPS) is 22.3. The minimum atomic E-state index is -0.0578. The number of aromatic nitrogens is 2. The Morgan fingerprint density at radius 1 is 1.08 bits per heavy atom. The SMILES string of the molecule is CCNC(=O)NC1CCC(Nc2nc3c(c(N(C)C)n2)CCCC3)CC1. The number of urea groups is 1. The summed E-state index contributed by atoms with van der Waals surface area (Å²) in [5.41, 5.74) is 2.53. The fourth-order valence-corrected chi connectivity index (χ4v) is 3.97. The van der Waals surface area contributed by atoms with Crippen LogP contribution in [0.25, 0.3) is 0 Å². The third-order valence-corrected chi connectivity index (χ3v) is 5.32. The van der Waals surface area contributed by atoms with Gasteiger partial charge in [-0.15, -0.1) is 0 Å². The summed E-state index contributed by atoms with van der Waals surface area (Å²) in [6.45, 7) is 2.59. The number of amides is 2. The van der Waals surface area contributed by atoms with Crippen molar-refractivity contribution >= 4 is 17.8 Å². The molecule has 1 heterocycles. The van der Waals surface area contributed by atoms with Gasteiger partial charge in [-0.25, -0.2) is 9.78 Å². The van der Waals surface area contributed by atoms with Gasteiger partial charge in [0, 0.05) is 38.3 Å². The predicted octanol–water partition coefficient (Wildman–Crippen LogP) is 2.46. The molecule has 7 nitrogen and oxygen atoms in total. The van der Waals surface area contributed by atoms with Gasteiger partial charge < -0.3 is 20.9 Å². The van der Waals surface area contributed by atoms with Crippen molar-refractivity contribution in [2.45, 2.75) is 70.4 Å². The number of carbonyl (C=O) groups is 1. The molecule has 0 atom stereocenters. The Morgan fingerprint density at radius 3 is 2.46 bits per heavy atom. The van der Waals surface area contributed by atoms with E-state index in [9.17, 15) is 4.79 Å². The molecule has 7 heteroatoms. The topological polar surface area (TPSA) is 82.2 Å². The molecule has 144 valence electrons. The molecule has 0 bridgehead atoms. The largest absolute Gasteiger partial charge is 0.362 e. The van der Waals surface area contributed by atoms with E-state index in [1.54, 1.807) is 0 Å². The maximum absolute atomic E-state index is 11.7. The number of rotatable bonds is 5. The van der Waals surface area contributed by atoms with Gasteiger partial charge in [0.1, 0.15) is 5.82 Å². The van der Waals surface area contributed by atoms with Crippen molar-refractivity contribution in [2.75, 3.05) is 30.9 Å². The second-order valence-corrected chi connectivity index (χ2v) is 7.59. The fourth-order valence-electron chi connectivity index (χ4n) is 3.97. The molecule has 0 aliphatic heterocycles. The number of anilines is 2. The predicted molar refractivity (Wildman–Crippen MR) is 105 cm³/mol. The molecule has 0 aromatic carbocycles. The van der Waals surface area contributed by atoms with Crippen LogP contribution in [0.2, 0.25) is 0 Å². The highest BCUT2D eigenvalue weighted by atomic mass is 16.2. The lowest BCUT2D eigenvalue weighted by Gasteiger charge is -2.30. The van der Waals surface area contributed by atoms with Crippen molar-refractivity contribution < 1.29 is 4.79 Å². The quantitative estimate of drug-likeness (QED) is 0.751. The van der Waals surface area contributed by atoms with Gasteiger partial charge in [0.05, 0.1) is 5.69 Å². The number of carbonyl (C=O) groups excluding carboxylic acids is 1. The smallest absolute Gasteiger partial charge is 0.314 e. The number of nitrogens with one attached hydrogen (secondary N) is 3. The molecule has 1 saturated carbocycles. The molecule has 1 aromatic rings. The van der Waals surface area contributed by atoms with E-state index in [2.05, 4.69) is 34.9 Å². The maximum Gasteiger partial charge on any atom is 0.314 e. The van der Waals surface area contributed by atoms with E-state index in [1.165, 1.54) is 24.1 Å². The van der Waals surface area contributed by atoms with Crippen LogP contribution in [0.4, 0.5) is 16.6 Å². The van der Waals surface area contributed by atoms with Crippen LogP contribution in [0, 0.1) is 0 Å². The number of hydrogen-bond acceptors (Lipinski definition) is 5. The lowest BCUT2D eigenvalue weighted by molar-refractivity contribution is 0.232. The average Bonchev–Trinajstić information content (AvgIpc) is 2.63. The monoisotopic (exact) mass is 360 g/mol. The van der Waals surface area contributed by atoms with Crippen LogP contribution >= 0.6 is 0 Å². The fraction of sp³-hybridized carbons (Fsp3) is 0.737. The van der Waals surface area contributed by atoms with Crippen molar-refractivity contribution in [3.05, 3.63) is 11.3 Å². The summed E-state index contributed by atoms with van der Waals surface area (Å²) in [7, 11) is 4.11. The van der Waals surface area contributed by atoms with Crippen LogP contribution in [0.3, 0.4) is 0 Å². The number of nitrogens with zero attached hydrogens (tertiary/aromatic N) is 3. The van der Waals surface area contributed by atoms with Crippen LogP contribution in [0.15, 0.2) is 0 Å². The summed E-state index contributed by atoms with van der Waals surface area (Å²) in [4.78, 5) is 23.4. The van der Waals surface area contributed by atoms with Gasteiger partial charge in [0.25, 0.3) is 0 Å². The molecule has 2 amide bonds. The maximum atomic E-state index is 11.7. The Kier molecular flexibility index (Phi) is 6.16. The lowest BCUT2D eigenvalue weighted by atomic mass is 9.91. The third kappa shape index (κ3) is 4.56. The van der Waals surface area contributed by atoms with E-state index < -0.39 is 0 Å². The summed E-state index contributed by atoms with van der Waals surface area (Å²) in [6, 6.07) is 0.581. The number of hydrogen-bond donors (Lipinski definition) is 3. The molecule has 26 heavy (non-hydrogen) atoms. The lowest BCUT2D eigenvalue weighted by Crippen LogP contribution is -2.44. The van der Waals surface area contributed by atoms with Crippen molar-refractivity contribution in [3.63, 3.8) is 0 Å². The average molecular weight is 361 g/mol. The summed E-state index contributed by atoms with van der Waals surface area (Å²) in [5, 5.41) is 9.40. The highest BCUT2D eigenvalue weighted by Gasteiger charge is 2.24. The van der Waals surface area contributed by atoms with Gasteiger partial charge in [-0.3, -0.25) is 0 Å². The number of aryl methyl sites for hydroxylation is 1. The van der Waals surface area contributed by atoms with E-state index in [-0.39, 0.29) is 12.1 Å². The molecule has 3 rings (SSSR count). The van der Waals surface area contributed by atoms with Crippen molar-refractivity contribution in [3.8, 4) is 0 Å². The first-order chi connectivity index (χ1) is 12.6. The van der Waals surface area contributed by atoms with Crippen molar-refractivity contribution in [1.82, 2.24) is 20.6 Å². The second kappa shape index (κ2) is 8.56. The van der Waals surface area contributed by atoms with Gasteiger partial charge in [-0.2, -0.15) is 4.98 Å². The number of fused-ring (bicyclic) bond motifs is 1. The Hall–Kier alpha value is -2.05. The minimum Gasteiger partial charge on any atom is -0.362 e. The van der Waals surface area contributed by atoms with E-state index in [0.717, 1.165) is 50.3 Å². The van der Waals surface area contributed by atoms with Crippen molar-refractivity contribution in [1.29, 1.82) is 0 Å². The first-order valence-electron chi connectivity index (χ1n) is 9.94. The molecule has 0 radical (unpaired) electrons. The molecule has 1 aromatic heterocycles. The molecule has 0 spiro atoms. The highest BCUT2D eigenvalue weighted by molar-refractivity contribution is 5.74. The zero-order chi connectivity index (χ0) is 18.5. The zero-order valence-corrected chi connectivity index (χ0v) is 16.3. The van der Waals surface area contributed by atoms with Crippen LogP contribution in [-0.4, -0.2) is 48.7 Å². The van der Waals surface area contributed by atoms with Gasteiger partial charge in [-0.05, 0) is 58.3 Å². The Bertz CT molecular complexity index is 625. The summed E-state index contributed by atoms with van der Waals surface area (Å²) < 4.78 is 0. The third-order valence-electron chi connectivity index (χ3n) is 5.32. The highest BCUT2D eigenvalue weighted by Crippen LogP contribution is 2.29. The molecular formula is C19H32N6O. The standard InChI is InChI=1S/C19H32N6O/c1-4-20-19(26)22-14-11-9-13(10-12-14)21-18-23-16-8-6-5-7-15(16)17(24-18)25(2)3/h13-14H,4-12H2,1-3H3,(H2,20,22,26)(H,21,23,24). The van der Waals surface area contributed by atoms with Gasteiger partial charge in [-0.1, -0.05) is 0 Å². The Morgan fingerprint density at radius 2 is 1.77 bits per heavy atom. The Labute approximate surface area is 156 Å². The van der Waals surface area contributed by atoms with E-state index in [0.29, 0.717) is 12.6 Å². The summed E-state index contributed by atoms with van der Waals surface area (Å²) in [5.74, 6) is 1.82. The zero-order valence-electron chi connectivity index (χ0n) is 16.3. The molecular weight excluding hydrogens is 328 g/mol. The molecule has 0 saturated heterocycles. The van der Waals surface area contributed by atoms with Crippen LogP contribution in [-0.2, 0) is 12.8 Å².